The lowest BCUT2D eigenvalue weighted by Crippen LogP contribution is -1.91. The van der Waals surface area contributed by atoms with Gasteiger partial charge in [-0.15, -0.1) is 12.4 Å². The van der Waals surface area contributed by atoms with Crippen LogP contribution in [0.3, 0.4) is 0 Å². The van der Waals surface area contributed by atoms with Crippen LogP contribution in [0.4, 0.5) is 0 Å². The minimum atomic E-state index is 0. The molecule has 0 bridgehead atoms. The van der Waals surface area contributed by atoms with Crippen LogP contribution < -0.4 is 4.84 Å². The van der Waals surface area contributed by atoms with Gasteiger partial charge in [-0.05, 0) is 11.8 Å². The molecule has 0 aliphatic carbocycles. The van der Waals surface area contributed by atoms with E-state index < -0.39 is 0 Å². The molecule has 60 valence electrons. The van der Waals surface area contributed by atoms with Gasteiger partial charge in [0.15, 0.2) is 0 Å². The van der Waals surface area contributed by atoms with Crippen molar-refractivity contribution in [3.63, 3.8) is 0 Å². The zero-order valence-corrected chi connectivity index (χ0v) is 7.98. The Labute approximate surface area is 69.7 Å². The molecule has 0 aliphatic rings. The Bertz CT molecular complexity index is 19.0. The summed E-state index contributed by atoms with van der Waals surface area (Å²) >= 11 is 4.94. The fourth-order valence-electron chi connectivity index (χ4n) is 0. The lowest BCUT2D eigenvalue weighted by Gasteiger charge is -1.72. The Balaban J connectivity index is -0.0000000720. The number of halogens is 2. The van der Waals surface area contributed by atoms with Gasteiger partial charge in [0.2, 0.25) is 0 Å². The molecule has 0 spiro atoms. The molecule has 0 aromatic rings. The van der Waals surface area contributed by atoms with Gasteiger partial charge >= 0.3 is 0 Å². The molecule has 0 aliphatic heterocycles. The average molecular weight is 174 g/mol. The summed E-state index contributed by atoms with van der Waals surface area (Å²) in [6.45, 7) is 7.13. The predicted octanol–water partition coefficient (Wildman–Crippen LogP) is 2.98. The Morgan fingerprint density at radius 2 is 1.33 bits per heavy atom. The Kier molecular flexibility index (Phi) is 42.6. The first-order valence-electron chi connectivity index (χ1n) is 3.16. The third-order valence-corrected chi connectivity index (χ3v) is 0.901. The van der Waals surface area contributed by atoms with Crippen molar-refractivity contribution in [1.29, 1.82) is 0 Å². The summed E-state index contributed by atoms with van der Waals surface area (Å²) in [6, 6.07) is 0. The summed E-state index contributed by atoms with van der Waals surface area (Å²) in [4.78, 5) is 2.40. The van der Waals surface area contributed by atoms with Crippen molar-refractivity contribution in [2.45, 2.75) is 33.6 Å². The van der Waals surface area contributed by atoms with Crippen LogP contribution in [-0.2, 0) is 0 Å². The van der Waals surface area contributed by atoms with Crippen molar-refractivity contribution in [2.75, 3.05) is 6.54 Å². The summed E-state index contributed by atoms with van der Waals surface area (Å²) in [7, 11) is 0. The average Bonchev–Trinajstić information content (AvgIpc) is 1.88. The van der Waals surface area contributed by atoms with Crippen molar-refractivity contribution >= 4 is 24.2 Å². The van der Waals surface area contributed by atoms with Gasteiger partial charge in [-0.1, -0.05) is 33.6 Å². The number of hydrogen-bond acceptors (Lipinski definition) is 1. The molecule has 0 saturated carbocycles. The van der Waals surface area contributed by atoms with E-state index in [2.05, 4.69) is 18.7 Å². The largest absolute Gasteiger partial charge is 0.234 e. The van der Waals surface area contributed by atoms with E-state index in [4.69, 9.17) is 11.8 Å². The fraction of sp³-hybridized carbons (Fsp3) is 1.00. The first kappa shape index (κ1) is 16.3. The van der Waals surface area contributed by atoms with E-state index in [1.54, 1.807) is 0 Å². The Morgan fingerprint density at radius 3 is 1.33 bits per heavy atom. The van der Waals surface area contributed by atoms with E-state index in [1.807, 2.05) is 6.92 Å². The highest BCUT2D eigenvalue weighted by molar-refractivity contribution is 6.13. The number of nitrogens with one attached hydrogen (secondary N) is 1. The van der Waals surface area contributed by atoms with Gasteiger partial charge in [-0.3, -0.25) is 0 Å². The molecule has 0 rings (SSSR count). The van der Waals surface area contributed by atoms with Crippen LogP contribution in [0.25, 0.3) is 0 Å². The standard InChI is InChI=1S/C4H10.C2H6ClN.ClH/c1-3-4-2;1-2-4-3;/h3-4H2,1-2H3;4H,2H2,1H3;1H. The van der Waals surface area contributed by atoms with E-state index in [0.717, 1.165) is 6.54 Å². The molecular formula is C6H17Cl2N. The molecule has 0 aromatic heterocycles. The van der Waals surface area contributed by atoms with Crippen LogP contribution >= 0.6 is 24.2 Å². The van der Waals surface area contributed by atoms with Gasteiger partial charge in [0, 0.05) is 6.54 Å². The summed E-state index contributed by atoms with van der Waals surface area (Å²) < 4.78 is 0. The second-order valence-electron chi connectivity index (χ2n) is 1.49. The lowest BCUT2D eigenvalue weighted by atomic mass is 10.4. The van der Waals surface area contributed by atoms with Crippen LogP contribution in [-0.4, -0.2) is 6.54 Å². The molecule has 9 heavy (non-hydrogen) atoms. The molecule has 0 atom stereocenters. The van der Waals surface area contributed by atoms with Crippen molar-refractivity contribution in [3.8, 4) is 0 Å². The van der Waals surface area contributed by atoms with Crippen LogP contribution in [0.2, 0.25) is 0 Å². The molecular weight excluding hydrogens is 157 g/mol. The zero-order valence-electron chi connectivity index (χ0n) is 6.41. The van der Waals surface area contributed by atoms with Crippen molar-refractivity contribution in [1.82, 2.24) is 4.84 Å². The summed E-state index contributed by atoms with van der Waals surface area (Å²) in [5.74, 6) is 0. The summed E-state index contributed by atoms with van der Waals surface area (Å²) in [6.07, 6.45) is 2.64. The highest BCUT2D eigenvalue weighted by Crippen LogP contribution is 1.76. The maximum Gasteiger partial charge on any atom is 0.00793 e. The molecule has 1 N–H and O–H groups in total. The van der Waals surface area contributed by atoms with E-state index >= 15 is 0 Å². The monoisotopic (exact) mass is 173 g/mol. The third kappa shape index (κ3) is 56.6. The highest BCUT2D eigenvalue weighted by Gasteiger charge is 1.56. The summed E-state index contributed by atoms with van der Waals surface area (Å²) in [5.41, 5.74) is 0. The number of rotatable bonds is 2. The highest BCUT2D eigenvalue weighted by atomic mass is 35.5. The SMILES string of the molecule is CCCC.CCNCl.Cl. The molecule has 0 radical (unpaired) electrons. The second kappa shape index (κ2) is 23.6. The van der Waals surface area contributed by atoms with E-state index in [9.17, 15) is 0 Å². The molecule has 0 aromatic carbocycles. The van der Waals surface area contributed by atoms with E-state index in [-0.39, 0.29) is 12.4 Å². The van der Waals surface area contributed by atoms with Gasteiger partial charge in [-0.2, -0.15) is 0 Å². The molecule has 0 amide bonds. The van der Waals surface area contributed by atoms with Gasteiger partial charge in [0.25, 0.3) is 0 Å². The Hall–Kier alpha value is 0.540. The van der Waals surface area contributed by atoms with Crippen molar-refractivity contribution < 1.29 is 0 Å². The van der Waals surface area contributed by atoms with Crippen LogP contribution in [0.15, 0.2) is 0 Å². The first-order chi connectivity index (χ1) is 3.83. The summed E-state index contributed by atoms with van der Waals surface area (Å²) in [5, 5.41) is 0. The molecule has 0 fully saturated rings. The van der Waals surface area contributed by atoms with E-state index in [1.165, 1.54) is 12.8 Å². The normalized spacial score (nSPS) is 6.67. The van der Waals surface area contributed by atoms with Crippen LogP contribution in [0.1, 0.15) is 33.6 Å². The van der Waals surface area contributed by atoms with Crippen molar-refractivity contribution in [3.05, 3.63) is 0 Å². The molecule has 0 heterocycles. The van der Waals surface area contributed by atoms with Crippen LogP contribution in [0, 0.1) is 0 Å². The second-order valence-corrected chi connectivity index (χ2v) is 1.75. The minimum absolute atomic E-state index is 0. The minimum Gasteiger partial charge on any atom is -0.234 e. The maximum absolute atomic E-state index is 4.94. The van der Waals surface area contributed by atoms with Crippen LogP contribution in [0.5, 0.6) is 0 Å². The Morgan fingerprint density at radius 1 is 1.11 bits per heavy atom. The first-order valence-corrected chi connectivity index (χ1v) is 3.54. The van der Waals surface area contributed by atoms with Gasteiger partial charge in [0.05, 0.1) is 0 Å². The van der Waals surface area contributed by atoms with Gasteiger partial charge in [0.1, 0.15) is 0 Å². The zero-order chi connectivity index (χ0) is 6.83. The van der Waals surface area contributed by atoms with Gasteiger partial charge < -0.3 is 0 Å². The number of hydrogen-bond donors (Lipinski definition) is 1. The lowest BCUT2D eigenvalue weighted by molar-refractivity contribution is 0.886. The molecule has 1 nitrogen and oxygen atoms in total. The third-order valence-electron chi connectivity index (χ3n) is 0.634. The molecule has 3 heteroatoms. The topological polar surface area (TPSA) is 12.0 Å². The van der Waals surface area contributed by atoms with Crippen molar-refractivity contribution in [2.24, 2.45) is 0 Å². The fourth-order valence-corrected chi connectivity index (χ4v) is 0. The van der Waals surface area contributed by atoms with E-state index in [0.29, 0.717) is 0 Å². The predicted molar refractivity (Wildman–Crippen MR) is 47.4 cm³/mol. The van der Waals surface area contributed by atoms with Gasteiger partial charge in [-0.25, -0.2) is 4.84 Å². The maximum atomic E-state index is 4.94. The smallest absolute Gasteiger partial charge is 0.00793 e. The molecule has 0 saturated heterocycles. The number of unbranched alkanes of at least 4 members (excludes halogenated alkanes) is 1. The molecule has 0 unspecified atom stereocenters. The quantitative estimate of drug-likeness (QED) is 0.634.